The SMILES string of the molecule is CCC(C)CO[Si](CC)(CC)OCC(C)C. The molecule has 0 bridgehead atoms. The van der Waals surface area contributed by atoms with Crippen molar-refractivity contribution in [2.75, 3.05) is 13.2 Å². The second kappa shape index (κ2) is 8.26. The van der Waals surface area contributed by atoms with Gasteiger partial charge in [0, 0.05) is 13.2 Å². The van der Waals surface area contributed by atoms with Crippen LogP contribution in [0.5, 0.6) is 0 Å². The smallest absolute Gasteiger partial charge is 0.337 e. The van der Waals surface area contributed by atoms with Crippen LogP contribution in [-0.2, 0) is 8.85 Å². The number of hydrogen-bond donors (Lipinski definition) is 0. The molecule has 2 nitrogen and oxygen atoms in total. The van der Waals surface area contributed by atoms with Crippen molar-refractivity contribution in [3.63, 3.8) is 0 Å². The summed E-state index contributed by atoms with van der Waals surface area (Å²) in [5.41, 5.74) is 0. The first kappa shape index (κ1) is 16.1. The van der Waals surface area contributed by atoms with Crippen molar-refractivity contribution in [3.05, 3.63) is 0 Å². The van der Waals surface area contributed by atoms with E-state index in [1.165, 1.54) is 6.42 Å². The van der Waals surface area contributed by atoms with Crippen LogP contribution in [0.3, 0.4) is 0 Å². The van der Waals surface area contributed by atoms with Gasteiger partial charge in [-0.25, -0.2) is 0 Å². The molecule has 0 N–H and O–H groups in total. The monoisotopic (exact) mass is 246 g/mol. The summed E-state index contributed by atoms with van der Waals surface area (Å²) in [6.45, 7) is 14.9. The maximum atomic E-state index is 6.15. The second-order valence-corrected chi connectivity index (χ2v) is 8.96. The molecule has 0 rings (SSSR count). The standard InChI is InChI=1S/C13H30O2Si/c1-7-13(6)11-15-16(8-2,9-3)14-10-12(4)5/h12-13H,7-11H2,1-6H3. The van der Waals surface area contributed by atoms with Gasteiger partial charge in [0.05, 0.1) is 0 Å². The summed E-state index contributed by atoms with van der Waals surface area (Å²) in [6.07, 6.45) is 1.18. The van der Waals surface area contributed by atoms with E-state index in [9.17, 15) is 0 Å². The fraction of sp³-hybridized carbons (Fsp3) is 1.00. The first-order chi connectivity index (χ1) is 7.49. The zero-order valence-corrected chi connectivity index (χ0v) is 13.0. The Balaban J connectivity index is 4.20. The summed E-state index contributed by atoms with van der Waals surface area (Å²) in [5.74, 6) is 1.24. The Morgan fingerprint density at radius 2 is 1.38 bits per heavy atom. The van der Waals surface area contributed by atoms with Crippen molar-refractivity contribution < 1.29 is 8.85 Å². The van der Waals surface area contributed by atoms with E-state index in [0.717, 1.165) is 25.3 Å². The molecule has 0 radical (unpaired) electrons. The molecule has 98 valence electrons. The van der Waals surface area contributed by atoms with Gasteiger partial charge in [-0.3, -0.25) is 0 Å². The average molecular weight is 246 g/mol. The molecule has 0 heterocycles. The van der Waals surface area contributed by atoms with Crippen molar-refractivity contribution >= 4 is 8.56 Å². The van der Waals surface area contributed by atoms with Crippen molar-refractivity contribution in [1.29, 1.82) is 0 Å². The topological polar surface area (TPSA) is 18.5 Å². The normalized spacial score (nSPS) is 14.4. The van der Waals surface area contributed by atoms with Crippen LogP contribution in [0.25, 0.3) is 0 Å². The lowest BCUT2D eigenvalue weighted by atomic mass is 10.1. The number of rotatable bonds is 9. The largest absolute Gasteiger partial charge is 0.394 e. The highest BCUT2D eigenvalue weighted by atomic mass is 28.4. The molecule has 0 spiro atoms. The minimum Gasteiger partial charge on any atom is -0.394 e. The van der Waals surface area contributed by atoms with Crippen LogP contribution < -0.4 is 0 Å². The van der Waals surface area contributed by atoms with Crippen LogP contribution in [0.1, 0.15) is 48.0 Å². The third kappa shape index (κ3) is 6.02. The molecule has 0 aromatic carbocycles. The Kier molecular flexibility index (Phi) is 8.33. The lowest BCUT2D eigenvalue weighted by Crippen LogP contribution is -2.42. The minimum atomic E-state index is -1.89. The molecule has 0 aromatic heterocycles. The van der Waals surface area contributed by atoms with E-state index in [4.69, 9.17) is 8.85 Å². The van der Waals surface area contributed by atoms with Gasteiger partial charge in [-0.15, -0.1) is 0 Å². The highest BCUT2D eigenvalue weighted by Gasteiger charge is 2.34. The molecule has 0 fully saturated rings. The van der Waals surface area contributed by atoms with Gasteiger partial charge < -0.3 is 8.85 Å². The van der Waals surface area contributed by atoms with E-state index in [1.807, 2.05) is 0 Å². The van der Waals surface area contributed by atoms with Crippen LogP contribution in [0.4, 0.5) is 0 Å². The lowest BCUT2D eigenvalue weighted by molar-refractivity contribution is 0.135. The van der Waals surface area contributed by atoms with Crippen LogP contribution >= 0.6 is 0 Å². The van der Waals surface area contributed by atoms with E-state index in [0.29, 0.717) is 11.8 Å². The highest BCUT2D eigenvalue weighted by molar-refractivity contribution is 6.67. The molecule has 0 aliphatic heterocycles. The van der Waals surface area contributed by atoms with Gasteiger partial charge in [-0.05, 0) is 23.9 Å². The molecule has 0 saturated carbocycles. The molecule has 0 saturated heterocycles. The number of hydrogen-bond acceptors (Lipinski definition) is 2. The van der Waals surface area contributed by atoms with Crippen LogP contribution in [0, 0.1) is 11.8 Å². The maximum Gasteiger partial charge on any atom is 0.337 e. The zero-order valence-electron chi connectivity index (χ0n) is 12.0. The first-order valence-corrected chi connectivity index (χ1v) is 9.00. The summed E-state index contributed by atoms with van der Waals surface area (Å²) < 4.78 is 12.2. The molecule has 3 heteroatoms. The predicted molar refractivity (Wildman–Crippen MR) is 72.9 cm³/mol. The van der Waals surface area contributed by atoms with Crippen molar-refractivity contribution in [1.82, 2.24) is 0 Å². The van der Waals surface area contributed by atoms with Gasteiger partial charge in [0.25, 0.3) is 0 Å². The zero-order chi connectivity index (χ0) is 12.6. The minimum absolute atomic E-state index is 0.595. The van der Waals surface area contributed by atoms with E-state index in [2.05, 4.69) is 41.5 Å². The highest BCUT2D eigenvalue weighted by Crippen LogP contribution is 2.21. The predicted octanol–water partition coefficient (Wildman–Crippen LogP) is 4.20. The first-order valence-electron chi connectivity index (χ1n) is 6.77. The van der Waals surface area contributed by atoms with E-state index in [1.54, 1.807) is 0 Å². The molecular formula is C13H30O2Si. The molecular weight excluding hydrogens is 216 g/mol. The third-order valence-electron chi connectivity index (χ3n) is 3.08. The van der Waals surface area contributed by atoms with E-state index < -0.39 is 8.56 Å². The quantitative estimate of drug-likeness (QED) is 0.568. The van der Waals surface area contributed by atoms with E-state index in [-0.39, 0.29) is 0 Å². The molecule has 0 aliphatic rings. The van der Waals surface area contributed by atoms with Crippen LogP contribution in [0.2, 0.25) is 12.1 Å². The van der Waals surface area contributed by atoms with Crippen molar-refractivity contribution in [3.8, 4) is 0 Å². The van der Waals surface area contributed by atoms with Gasteiger partial charge >= 0.3 is 8.56 Å². The molecule has 0 aromatic rings. The van der Waals surface area contributed by atoms with Crippen molar-refractivity contribution in [2.45, 2.75) is 60.1 Å². The molecule has 0 amide bonds. The average Bonchev–Trinajstić information content (AvgIpc) is 2.29. The molecule has 16 heavy (non-hydrogen) atoms. The maximum absolute atomic E-state index is 6.15. The third-order valence-corrected chi connectivity index (χ3v) is 6.63. The lowest BCUT2D eigenvalue weighted by Gasteiger charge is -2.30. The Labute approximate surface area is 103 Å². The van der Waals surface area contributed by atoms with Gasteiger partial charge in [-0.2, -0.15) is 0 Å². The van der Waals surface area contributed by atoms with Gasteiger partial charge in [0.2, 0.25) is 0 Å². The summed E-state index contributed by atoms with van der Waals surface area (Å²) in [6, 6.07) is 2.12. The van der Waals surface area contributed by atoms with Crippen molar-refractivity contribution in [2.24, 2.45) is 11.8 Å². The van der Waals surface area contributed by atoms with E-state index >= 15 is 0 Å². The summed E-state index contributed by atoms with van der Waals surface area (Å²) in [4.78, 5) is 0. The fourth-order valence-electron chi connectivity index (χ4n) is 1.43. The second-order valence-electron chi connectivity index (χ2n) is 5.15. The van der Waals surface area contributed by atoms with Gasteiger partial charge in [0.15, 0.2) is 0 Å². The van der Waals surface area contributed by atoms with Crippen LogP contribution in [-0.4, -0.2) is 21.8 Å². The molecule has 0 aliphatic carbocycles. The van der Waals surface area contributed by atoms with Crippen LogP contribution in [0.15, 0.2) is 0 Å². The van der Waals surface area contributed by atoms with Gasteiger partial charge in [-0.1, -0.05) is 48.0 Å². The molecule has 1 atom stereocenters. The summed E-state index contributed by atoms with van der Waals surface area (Å²) in [5, 5.41) is 0. The fourth-order valence-corrected chi connectivity index (χ4v) is 4.06. The Morgan fingerprint density at radius 1 is 0.875 bits per heavy atom. The Bertz CT molecular complexity index is 167. The summed E-state index contributed by atoms with van der Waals surface area (Å²) in [7, 11) is -1.89. The summed E-state index contributed by atoms with van der Waals surface area (Å²) >= 11 is 0. The molecule has 1 unspecified atom stereocenters. The Morgan fingerprint density at radius 3 is 1.75 bits per heavy atom. The Hall–Kier alpha value is 0.137. The van der Waals surface area contributed by atoms with Gasteiger partial charge in [0.1, 0.15) is 0 Å².